The first-order valence-electron chi connectivity index (χ1n) is 7.12. The van der Waals surface area contributed by atoms with Gasteiger partial charge in [-0.2, -0.15) is 0 Å². The van der Waals surface area contributed by atoms with Gasteiger partial charge in [-0.05, 0) is 19.8 Å². The largest absolute Gasteiger partial charge is 0.379 e. The Morgan fingerprint density at radius 1 is 1.25 bits per heavy atom. The minimum absolute atomic E-state index is 0.126. The van der Waals surface area contributed by atoms with Crippen molar-refractivity contribution >= 4 is 11.6 Å². The number of rotatable bonds is 3. The number of nitrogens with two attached hydrogens (primary N) is 1. The van der Waals surface area contributed by atoms with Gasteiger partial charge in [-0.3, -0.25) is 0 Å². The van der Waals surface area contributed by atoms with Crippen LogP contribution in [0.1, 0.15) is 45.0 Å². The van der Waals surface area contributed by atoms with Crippen molar-refractivity contribution in [2.24, 2.45) is 5.84 Å². The lowest BCUT2D eigenvalue weighted by Gasteiger charge is -2.26. The molecular weight excluding hydrogens is 254 g/mol. The van der Waals surface area contributed by atoms with E-state index in [9.17, 15) is 0 Å². The second-order valence-electron chi connectivity index (χ2n) is 6.32. The van der Waals surface area contributed by atoms with Crippen LogP contribution in [-0.4, -0.2) is 29.2 Å². The number of nitrogen functional groups attached to an aromatic ring is 1. The smallest absolute Gasteiger partial charge is 0.148 e. The fourth-order valence-electron chi connectivity index (χ4n) is 2.18. The van der Waals surface area contributed by atoms with Crippen molar-refractivity contribution in [1.29, 1.82) is 0 Å². The highest BCUT2D eigenvalue weighted by Gasteiger charge is 2.22. The molecule has 1 aliphatic heterocycles. The highest BCUT2D eigenvalue weighted by molar-refractivity contribution is 5.57. The quantitative estimate of drug-likeness (QED) is 0.579. The lowest BCUT2D eigenvalue weighted by atomic mass is 9.95. The van der Waals surface area contributed by atoms with Gasteiger partial charge in [0.15, 0.2) is 0 Å². The summed E-state index contributed by atoms with van der Waals surface area (Å²) in [5, 5.41) is 3.46. The van der Waals surface area contributed by atoms with E-state index in [0.717, 1.165) is 43.3 Å². The van der Waals surface area contributed by atoms with E-state index in [2.05, 4.69) is 41.5 Å². The third-order valence-electron chi connectivity index (χ3n) is 3.45. The van der Waals surface area contributed by atoms with Crippen LogP contribution < -0.4 is 16.6 Å². The monoisotopic (exact) mass is 279 g/mol. The number of hydrazine groups is 1. The van der Waals surface area contributed by atoms with Gasteiger partial charge < -0.3 is 15.5 Å². The van der Waals surface area contributed by atoms with Gasteiger partial charge in [0, 0.05) is 17.6 Å². The summed E-state index contributed by atoms with van der Waals surface area (Å²) in [5.41, 5.74) is 3.47. The molecule has 2 rings (SSSR count). The normalized spacial score (nSPS) is 19.8. The summed E-state index contributed by atoms with van der Waals surface area (Å²) in [6.45, 7) is 9.81. The van der Waals surface area contributed by atoms with Gasteiger partial charge in [0.1, 0.15) is 17.5 Å². The topological polar surface area (TPSA) is 85.1 Å². The van der Waals surface area contributed by atoms with Gasteiger partial charge in [0.2, 0.25) is 0 Å². The van der Waals surface area contributed by atoms with E-state index in [4.69, 9.17) is 10.6 Å². The molecule has 0 aromatic carbocycles. The predicted molar refractivity (Wildman–Crippen MR) is 80.7 cm³/mol. The van der Waals surface area contributed by atoms with Gasteiger partial charge in [-0.15, -0.1) is 0 Å². The molecule has 1 saturated heterocycles. The zero-order chi connectivity index (χ0) is 14.8. The summed E-state index contributed by atoms with van der Waals surface area (Å²) in [7, 11) is 0. The molecule has 0 radical (unpaired) electrons. The summed E-state index contributed by atoms with van der Waals surface area (Å²) in [5.74, 6) is 7.86. The molecule has 1 unspecified atom stereocenters. The van der Waals surface area contributed by atoms with Crippen molar-refractivity contribution < 1.29 is 4.74 Å². The molecule has 6 heteroatoms. The van der Waals surface area contributed by atoms with E-state index in [1.807, 2.05) is 6.92 Å². The number of hydrogen-bond acceptors (Lipinski definition) is 6. The summed E-state index contributed by atoms with van der Waals surface area (Å²) < 4.78 is 5.50. The zero-order valence-electron chi connectivity index (χ0n) is 12.8. The van der Waals surface area contributed by atoms with Crippen LogP contribution in [0.4, 0.5) is 11.6 Å². The van der Waals surface area contributed by atoms with Crippen LogP contribution in [0.3, 0.4) is 0 Å². The summed E-state index contributed by atoms with van der Waals surface area (Å²) in [6.07, 6.45) is 2.18. The predicted octanol–water partition coefficient (Wildman–Crippen LogP) is 1.96. The first-order valence-corrected chi connectivity index (χ1v) is 7.12. The molecule has 4 N–H and O–H groups in total. The van der Waals surface area contributed by atoms with Crippen LogP contribution in [-0.2, 0) is 10.2 Å². The Labute approximate surface area is 120 Å². The van der Waals surface area contributed by atoms with Gasteiger partial charge in [0.25, 0.3) is 0 Å². The van der Waals surface area contributed by atoms with Crippen molar-refractivity contribution in [2.75, 3.05) is 24.0 Å². The molecule has 0 spiro atoms. The fraction of sp³-hybridized carbons (Fsp3) is 0.714. The van der Waals surface area contributed by atoms with Crippen molar-refractivity contribution in [2.45, 2.75) is 52.0 Å². The molecule has 1 aliphatic rings. The van der Waals surface area contributed by atoms with Crippen molar-refractivity contribution in [3.05, 3.63) is 11.4 Å². The average molecular weight is 279 g/mol. The number of aromatic nitrogens is 2. The Hall–Kier alpha value is -1.40. The molecule has 0 saturated carbocycles. The minimum Gasteiger partial charge on any atom is -0.379 e. The summed E-state index contributed by atoms with van der Waals surface area (Å²) in [6, 6.07) is 0.302. The van der Waals surface area contributed by atoms with Crippen LogP contribution in [0.25, 0.3) is 0 Å². The first-order chi connectivity index (χ1) is 9.41. The van der Waals surface area contributed by atoms with Crippen molar-refractivity contribution in [3.63, 3.8) is 0 Å². The molecule has 1 aromatic rings. The zero-order valence-corrected chi connectivity index (χ0v) is 12.8. The van der Waals surface area contributed by atoms with E-state index >= 15 is 0 Å². The molecular formula is C14H25N5O. The maximum absolute atomic E-state index is 5.57. The van der Waals surface area contributed by atoms with Crippen LogP contribution in [0.5, 0.6) is 0 Å². The lowest BCUT2D eigenvalue weighted by molar-refractivity contribution is 0.0875. The number of ether oxygens (including phenoxy) is 1. The van der Waals surface area contributed by atoms with E-state index < -0.39 is 0 Å². The number of hydrogen-bond donors (Lipinski definition) is 3. The second-order valence-corrected chi connectivity index (χ2v) is 6.32. The number of nitrogens with zero attached hydrogens (tertiary/aromatic N) is 2. The number of nitrogens with one attached hydrogen (secondary N) is 2. The molecule has 1 fully saturated rings. The van der Waals surface area contributed by atoms with E-state index in [0.29, 0.717) is 11.9 Å². The third-order valence-corrected chi connectivity index (χ3v) is 3.45. The SMILES string of the molecule is Cc1c(NN)nc(C(C)(C)C)nc1NC1CCCOC1. The molecule has 1 aromatic heterocycles. The van der Waals surface area contributed by atoms with E-state index in [1.54, 1.807) is 0 Å². The van der Waals surface area contributed by atoms with Crippen LogP contribution in [0, 0.1) is 6.92 Å². The Morgan fingerprint density at radius 2 is 1.95 bits per heavy atom. The maximum Gasteiger partial charge on any atom is 0.148 e. The molecule has 20 heavy (non-hydrogen) atoms. The molecule has 1 atom stereocenters. The fourth-order valence-corrected chi connectivity index (χ4v) is 2.18. The van der Waals surface area contributed by atoms with Gasteiger partial charge in [0.05, 0.1) is 12.6 Å². The average Bonchev–Trinajstić information content (AvgIpc) is 2.41. The molecule has 2 heterocycles. The standard InChI is InChI=1S/C14H25N5O/c1-9-11(16-10-6-5-7-20-8-10)17-13(14(2,3)4)18-12(9)19-15/h10H,5-8,15H2,1-4H3,(H2,16,17,18,19). The van der Waals surface area contributed by atoms with Crippen molar-refractivity contribution in [1.82, 2.24) is 9.97 Å². The molecule has 0 bridgehead atoms. The maximum atomic E-state index is 5.57. The van der Waals surface area contributed by atoms with E-state index in [-0.39, 0.29) is 5.41 Å². The van der Waals surface area contributed by atoms with Crippen LogP contribution >= 0.6 is 0 Å². The summed E-state index contributed by atoms with van der Waals surface area (Å²) in [4.78, 5) is 9.17. The van der Waals surface area contributed by atoms with Crippen LogP contribution in [0.2, 0.25) is 0 Å². The van der Waals surface area contributed by atoms with Gasteiger partial charge in [-0.1, -0.05) is 20.8 Å². The third kappa shape index (κ3) is 3.37. The molecule has 6 nitrogen and oxygen atoms in total. The molecule has 112 valence electrons. The van der Waals surface area contributed by atoms with Crippen molar-refractivity contribution in [3.8, 4) is 0 Å². The Balaban J connectivity index is 2.30. The van der Waals surface area contributed by atoms with Gasteiger partial charge in [-0.25, -0.2) is 15.8 Å². The van der Waals surface area contributed by atoms with Crippen LogP contribution in [0.15, 0.2) is 0 Å². The molecule has 0 aliphatic carbocycles. The van der Waals surface area contributed by atoms with Gasteiger partial charge >= 0.3 is 0 Å². The van der Waals surface area contributed by atoms with E-state index in [1.165, 1.54) is 0 Å². The number of anilines is 2. The lowest BCUT2D eigenvalue weighted by Crippen LogP contribution is -2.31. The Morgan fingerprint density at radius 3 is 2.50 bits per heavy atom. The molecule has 0 amide bonds. The first kappa shape index (κ1) is 15.0. The Kier molecular flexibility index (Phi) is 4.45. The Bertz CT molecular complexity index is 463. The summed E-state index contributed by atoms with van der Waals surface area (Å²) >= 11 is 0. The minimum atomic E-state index is -0.126. The highest BCUT2D eigenvalue weighted by Crippen LogP contribution is 2.26. The highest BCUT2D eigenvalue weighted by atomic mass is 16.5. The second kappa shape index (κ2) is 5.93.